The van der Waals surface area contributed by atoms with Crippen molar-refractivity contribution in [3.63, 3.8) is 0 Å². The Labute approximate surface area is 67.5 Å². The summed E-state index contributed by atoms with van der Waals surface area (Å²) in [5.74, 6) is 0. The van der Waals surface area contributed by atoms with Gasteiger partial charge >= 0.3 is 0 Å². The van der Waals surface area contributed by atoms with Crippen LogP contribution in [0, 0.1) is 5.41 Å². The molecule has 3 nitrogen and oxygen atoms in total. The van der Waals surface area contributed by atoms with Crippen molar-refractivity contribution in [2.75, 3.05) is 19.8 Å². The molecule has 1 aliphatic heterocycles. The fourth-order valence-corrected chi connectivity index (χ4v) is 1.46. The van der Waals surface area contributed by atoms with Gasteiger partial charge in [-0.05, 0) is 18.3 Å². The maximum Gasteiger partial charge on any atom is 0.0717 e. The van der Waals surface area contributed by atoms with Crippen molar-refractivity contribution in [2.45, 2.75) is 25.9 Å². The molecule has 11 heavy (non-hydrogen) atoms. The summed E-state index contributed by atoms with van der Waals surface area (Å²) in [6, 6.07) is 0. The topological polar surface area (TPSA) is 55.5 Å². The number of rotatable bonds is 2. The maximum absolute atomic E-state index is 9.56. The van der Waals surface area contributed by atoms with Gasteiger partial charge in [-0.2, -0.15) is 0 Å². The molecule has 0 amide bonds. The van der Waals surface area contributed by atoms with Crippen LogP contribution in [0.5, 0.6) is 0 Å². The minimum Gasteiger partial charge on any atom is -0.391 e. The fourth-order valence-electron chi connectivity index (χ4n) is 1.46. The molecular formula is C8H17NO2. The highest BCUT2D eigenvalue weighted by atomic mass is 16.5. The molecule has 0 spiro atoms. The minimum atomic E-state index is -0.369. The molecule has 1 saturated heterocycles. The molecule has 0 aromatic rings. The van der Waals surface area contributed by atoms with Crippen molar-refractivity contribution >= 4 is 0 Å². The number of aliphatic hydroxyl groups excluding tert-OH is 1. The molecule has 3 heteroatoms. The molecule has 0 radical (unpaired) electrons. The summed E-state index contributed by atoms with van der Waals surface area (Å²) < 4.78 is 5.21. The number of nitrogens with two attached hydrogens (primary N) is 1. The molecule has 1 rings (SSSR count). The van der Waals surface area contributed by atoms with Crippen molar-refractivity contribution in [3.05, 3.63) is 0 Å². The van der Waals surface area contributed by atoms with Crippen molar-refractivity contribution in [3.8, 4) is 0 Å². The smallest absolute Gasteiger partial charge is 0.0717 e. The Hall–Kier alpha value is -0.120. The van der Waals surface area contributed by atoms with Crippen molar-refractivity contribution in [1.29, 1.82) is 0 Å². The molecule has 1 fully saturated rings. The number of hydrogen-bond donors (Lipinski definition) is 2. The van der Waals surface area contributed by atoms with Crippen molar-refractivity contribution in [1.82, 2.24) is 0 Å². The number of aliphatic hydroxyl groups is 1. The Morgan fingerprint density at radius 2 is 2.09 bits per heavy atom. The van der Waals surface area contributed by atoms with Crippen LogP contribution < -0.4 is 5.73 Å². The van der Waals surface area contributed by atoms with E-state index in [2.05, 4.69) is 6.92 Å². The van der Waals surface area contributed by atoms with Gasteiger partial charge in [-0.15, -0.1) is 0 Å². The molecule has 3 N–H and O–H groups in total. The van der Waals surface area contributed by atoms with E-state index in [-0.39, 0.29) is 11.5 Å². The average Bonchev–Trinajstić information content (AvgIpc) is 2.04. The van der Waals surface area contributed by atoms with Gasteiger partial charge < -0.3 is 15.6 Å². The zero-order chi connectivity index (χ0) is 8.32. The highest BCUT2D eigenvalue weighted by Gasteiger charge is 2.33. The van der Waals surface area contributed by atoms with E-state index in [9.17, 15) is 5.11 Å². The third kappa shape index (κ3) is 1.92. The summed E-state index contributed by atoms with van der Waals surface area (Å²) >= 11 is 0. The van der Waals surface area contributed by atoms with E-state index in [4.69, 9.17) is 10.5 Å². The molecule has 1 heterocycles. The fraction of sp³-hybridized carbons (Fsp3) is 1.00. The van der Waals surface area contributed by atoms with E-state index in [1.807, 2.05) is 0 Å². The first kappa shape index (κ1) is 8.97. The molecule has 1 atom stereocenters. The lowest BCUT2D eigenvalue weighted by molar-refractivity contribution is -0.0468. The lowest BCUT2D eigenvalue weighted by Crippen LogP contribution is -2.42. The third-order valence-corrected chi connectivity index (χ3v) is 2.66. The Morgan fingerprint density at radius 1 is 1.55 bits per heavy atom. The molecule has 66 valence electrons. The lowest BCUT2D eigenvalue weighted by Gasteiger charge is -2.37. The second-order valence-electron chi connectivity index (χ2n) is 3.52. The molecule has 0 aromatic carbocycles. The van der Waals surface area contributed by atoms with Crippen LogP contribution in [-0.2, 0) is 4.74 Å². The molecule has 0 aromatic heterocycles. The van der Waals surface area contributed by atoms with Crippen molar-refractivity contribution < 1.29 is 9.84 Å². The zero-order valence-electron chi connectivity index (χ0n) is 7.05. The van der Waals surface area contributed by atoms with Gasteiger partial charge in [0, 0.05) is 19.8 Å². The van der Waals surface area contributed by atoms with Crippen LogP contribution in [0.1, 0.15) is 19.8 Å². The van der Waals surface area contributed by atoms with Crippen LogP contribution in [0.2, 0.25) is 0 Å². The van der Waals surface area contributed by atoms with Gasteiger partial charge in [-0.25, -0.2) is 0 Å². The minimum absolute atomic E-state index is 0.00694. The Bertz CT molecular complexity index is 121. The normalized spacial score (nSPS) is 26.5. The second kappa shape index (κ2) is 3.52. The van der Waals surface area contributed by atoms with E-state index in [0.29, 0.717) is 6.54 Å². The van der Waals surface area contributed by atoms with Gasteiger partial charge in [0.1, 0.15) is 0 Å². The standard InChI is InChI=1S/C8H17NO2/c1-8(7(10)6-9)2-4-11-5-3-8/h7,10H,2-6,9H2,1H3/t7-/m1/s1. The first-order valence-electron chi connectivity index (χ1n) is 4.15. The van der Waals surface area contributed by atoms with Gasteiger partial charge in [0.05, 0.1) is 6.10 Å². The average molecular weight is 159 g/mol. The first-order chi connectivity index (χ1) is 5.19. The van der Waals surface area contributed by atoms with Gasteiger partial charge in [0.25, 0.3) is 0 Å². The molecular weight excluding hydrogens is 142 g/mol. The SMILES string of the molecule is CC1([C@H](O)CN)CCOCC1. The van der Waals surface area contributed by atoms with E-state index < -0.39 is 0 Å². The van der Waals surface area contributed by atoms with Gasteiger partial charge in [-0.1, -0.05) is 6.92 Å². The molecule has 0 aliphatic carbocycles. The first-order valence-corrected chi connectivity index (χ1v) is 4.15. The summed E-state index contributed by atoms with van der Waals surface area (Å²) in [5, 5.41) is 9.56. The molecule has 0 bridgehead atoms. The zero-order valence-corrected chi connectivity index (χ0v) is 7.05. The van der Waals surface area contributed by atoms with Gasteiger partial charge in [0.2, 0.25) is 0 Å². The maximum atomic E-state index is 9.56. The van der Waals surface area contributed by atoms with Crippen molar-refractivity contribution in [2.24, 2.45) is 11.1 Å². The highest BCUT2D eigenvalue weighted by Crippen LogP contribution is 2.32. The van der Waals surface area contributed by atoms with Crippen LogP contribution in [0.3, 0.4) is 0 Å². The predicted molar refractivity (Wildman–Crippen MR) is 43.2 cm³/mol. The van der Waals surface area contributed by atoms with E-state index in [1.54, 1.807) is 0 Å². The molecule has 0 saturated carbocycles. The third-order valence-electron chi connectivity index (χ3n) is 2.66. The van der Waals surface area contributed by atoms with E-state index in [0.717, 1.165) is 26.1 Å². The van der Waals surface area contributed by atoms with Gasteiger partial charge in [0.15, 0.2) is 0 Å². The highest BCUT2D eigenvalue weighted by molar-refractivity contribution is 4.84. The quantitative estimate of drug-likeness (QED) is 0.602. The van der Waals surface area contributed by atoms with Crippen LogP contribution in [-0.4, -0.2) is 31.0 Å². The summed E-state index contributed by atoms with van der Waals surface area (Å²) in [6.07, 6.45) is 1.47. The van der Waals surface area contributed by atoms with Crippen LogP contribution in [0.4, 0.5) is 0 Å². The van der Waals surface area contributed by atoms with Crippen LogP contribution >= 0.6 is 0 Å². The Balaban J connectivity index is 2.49. The summed E-state index contributed by atoms with van der Waals surface area (Å²) in [4.78, 5) is 0. The number of ether oxygens (including phenoxy) is 1. The van der Waals surface area contributed by atoms with Crippen LogP contribution in [0.25, 0.3) is 0 Å². The summed E-state index contributed by atoms with van der Waals surface area (Å²) in [7, 11) is 0. The molecule has 0 unspecified atom stereocenters. The Morgan fingerprint density at radius 3 is 2.55 bits per heavy atom. The summed E-state index contributed by atoms with van der Waals surface area (Å²) in [5.41, 5.74) is 5.39. The monoisotopic (exact) mass is 159 g/mol. The van der Waals surface area contributed by atoms with Gasteiger partial charge in [-0.3, -0.25) is 0 Å². The number of hydrogen-bond acceptors (Lipinski definition) is 3. The Kier molecular flexibility index (Phi) is 2.87. The lowest BCUT2D eigenvalue weighted by atomic mass is 9.77. The van der Waals surface area contributed by atoms with E-state index >= 15 is 0 Å². The second-order valence-corrected chi connectivity index (χ2v) is 3.52. The molecule has 1 aliphatic rings. The largest absolute Gasteiger partial charge is 0.391 e. The summed E-state index contributed by atoms with van der Waals surface area (Å²) in [6.45, 7) is 3.95. The van der Waals surface area contributed by atoms with E-state index in [1.165, 1.54) is 0 Å². The van der Waals surface area contributed by atoms with Crippen LogP contribution in [0.15, 0.2) is 0 Å². The predicted octanol–water partition coefficient (Wildman–Crippen LogP) is 0.123.